The van der Waals surface area contributed by atoms with Gasteiger partial charge in [0, 0.05) is 11.8 Å². The highest BCUT2D eigenvalue weighted by Gasteiger charge is 2.27. The number of nitro groups is 1. The topological polar surface area (TPSA) is 117 Å². The lowest BCUT2D eigenvalue weighted by Crippen LogP contribution is -2.22. The number of carbonyl (C=O) groups excluding carboxylic acids is 2. The van der Waals surface area contributed by atoms with Crippen molar-refractivity contribution in [2.75, 3.05) is 25.1 Å². The van der Waals surface area contributed by atoms with Gasteiger partial charge in [-0.2, -0.15) is 0 Å². The predicted octanol–water partition coefficient (Wildman–Crippen LogP) is 2.78. The molecule has 0 atom stereocenters. The summed E-state index contributed by atoms with van der Waals surface area (Å²) in [7, 11) is 0. The van der Waals surface area contributed by atoms with Gasteiger partial charge in [-0.15, -0.1) is 0 Å². The van der Waals surface area contributed by atoms with E-state index in [1.807, 2.05) is 19.9 Å². The van der Waals surface area contributed by atoms with Crippen molar-refractivity contribution in [3.63, 3.8) is 0 Å². The molecule has 2 aromatic rings. The van der Waals surface area contributed by atoms with E-state index in [0.29, 0.717) is 5.69 Å². The molecule has 1 amide bonds. The van der Waals surface area contributed by atoms with Crippen molar-refractivity contribution < 1.29 is 28.7 Å². The molecule has 1 aliphatic rings. The van der Waals surface area contributed by atoms with Crippen LogP contribution < -0.4 is 14.8 Å². The molecule has 2 aromatic carbocycles. The molecular formula is C19H18N2O7. The van der Waals surface area contributed by atoms with E-state index in [9.17, 15) is 19.7 Å². The number of anilines is 1. The second kappa shape index (κ2) is 7.95. The second-order valence-electron chi connectivity index (χ2n) is 6.14. The number of aryl methyl sites for hydroxylation is 1. The summed E-state index contributed by atoms with van der Waals surface area (Å²) in [6.07, 6.45) is 0. The molecule has 1 aliphatic heterocycles. The Balaban J connectivity index is 1.71. The fraction of sp³-hybridized carbons (Fsp3) is 0.263. The first-order valence-corrected chi connectivity index (χ1v) is 8.48. The zero-order valence-electron chi connectivity index (χ0n) is 15.3. The van der Waals surface area contributed by atoms with Crippen LogP contribution in [0.1, 0.15) is 21.5 Å². The SMILES string of the molecule is Cc1cccc(NC(=O)COC(=O)c2cc3c(cc2[N+](=O)[O-])OCCO3)c1C. The third-order valence-corrected chi connectivity index (χ3v) is 4.29. The molecule has 0 saturated carbocycles. The van der Waals surface area contributed by atoms with Crippen LogP contribution >= 0.6 is 0 Å². The van der Waals surface area contributed by atoms with Crippen LogP contribution in [0.5, 0.6) is 11.5 Å². The maximum Gasteiger partial charge on any atom is 0.345 e. The molecule has 0 saturated heterocycles. The van der Waals surface area contributed by atoms with Crippen molar-refractivity contribution in [2.24, 2.45) is 0 Å². The van der Waals surface area contributed by atoms with Crippen molar-refractivity contribution in [3.8, 4) is 11.5 Å². The Hall–Kier alpha value is -3.62. The molecule has 28 heavy (non-hydrogen) atoms. The number of carbonyl (C=O) groups is 2. The molecule has 146 valence electrons. The van der Waals surface area contributed by atoms with Gasteiger partial charge in [-0.1, -0.05) is 12.1 Å². The van der Waals surface area contributed by atoms with Gasteiger partial charge in [-0.25, -0.2) is 4.79 Å². The van der Waals surface area contributed by atoms with Crippen LogP contribution in [0.15, 0.2) is 30.3 Å². The molecule has 9 heteroatoms. The van der Waals surface area contributed by atoms with E-state index in [1.54, 1.807) is 12.1 Å². The van der Waals surface area contributed by atoms with Crippen molar-refractivity contribution in [2.45, 2.75) is 13.8 Å². The summed E-state index contributed by atoms with van der Waals surface area (Å²) in [5.41, 5.74) is 1.70. The minimum Gasteiger partial charge on any atom is -0.486 e. The Labute approximate surface area is 160 Å². The fourth-order valence-electron chi connectivity index (χ4n) is 2.67. The largest absolute Gasteiger partial charge is 0.486 e. The summed E-state index contributed by atoms with van der Waals surface area (Å²) in [6.45, 7) is 3.70. The smallest absolute Gasteiger partial charge is 0.345 e. The summed E-state index contributed by atoms with van der Waals surface area (Å²) >= 11 is 0. The Morgan fingerprint density at radius 2 is 1.86 bits per heavy atom. The maximum atomic E-state index is 12.3. The van der Waals surface area contributed by atoms with E-state index >= 15 is 0 Å². The molecule has 0 aliphatic carbocycles. The van der Waals surface area contributed by atoms with Crippen molar-refractivity contribution in [1.82, 2.24) is 0 Å². The lowest BCUT2D eigenvalue weighted by molar-refractivity contribution is -0.385. The van der Waals surface area contributed by atoms with E-state index in [1.165, 1.54) is 6.07 Å². The highest BCUT2D eigenvalue weighted by Crippen LogP contribution is 2.36. The van der Waals surface area contributed by atoms with Crippen LogP contribution in [0.3, 0.4) is 0 Å². The highest BCUT2D eigenvalue weighted by atomic mass is 16.6. The average molecular weight is 386 g/mol. The predicted molar refractivity (Wildman–Crippen MR) is 98.9 cm³/mol. The number of nitrogens with one attached hydrogen (secondary N) is 1. The quantitative estimate of drug-likeness (QED) is 0.477. The van der Waals surface area contributed by atoms with Crippen LogP contribution in [0.2, 0.25) is 0 Å². The molecule has 0 spiro atoms. The van der Waals surface area contributed by atoms with Gasteiger partial charge in [0.2, 0.25) is 0 Å². The molecule has 0 bridgehead atoms. The van der Waals surface area contributed by atoms with Crippen molar-refractivity contribution in [1.29, 1.82) is 0 Å². The zero-order valence-corrected chi connectivity index (χ0v) is 15.3. The number of nitro benzene ring substituents is 1. The van der Waals surface area contributed by atoms with Gasteiger partial charge >= 0.3 is 5.97 Å². The third kappa shape index (κ3) is 4.03. The normalized spacial score (nSPS) is 12.2. The second-order valence-corrected chi connectivity index (χ2v) is 6.14. The summed E-state index contributed by atoms with van der Waals surface area (Å²) in [6, 6.07) is 7.74. The number of fused-ring (bicyclic) bond motifs is 1. The number of hydrogen-bond acceptors (Lipinski definition) is 7. The Morgan fingerprint density at radius 3 is 2.54 bits per heavy atom. The van der Waals surface area contributed by atoms with E-state index in [0.717, 1.165) is 17.2 Å². The number of nitrogens with zero attached hydrogens (tertiary/aromatic N) is 1. The van der Waals surface area contributed by atoms with E-state index in [2.05, 4.69) is 5.32 Å². The van der Waals surface area contributed by atoms with E-state index < -0.39 is 29.1 Å². The maximum absolute atomic E-state index is 12.3. The third-order valence-electron chi connectivity index (χ3n) is 4.29. The van der Waals surface area contributed by atoms with Crippen LogP contribution in [0, 0.1) is 24.0 Å². The van der Waals surface area contributed by atoms with E-state index in [-0.39, 0.29) is 30.3 Å². The first kappa shape index (κ1) is 19.2. The molecule has 3 rings (SSSR count). The minimum absolute atomic E-state index is 0.183. The number of esters is 1. The molecule has 1 N–H and O–H groups in total. The molecule has 0 unspecified atom stereocenters. The van der Waals surface area contributed by atoms with E-state index in [4.69, 9.17) is 14.2 Å². The summed E-state index contributed by atoms with van der Waals surface area (Å²) < 4.78 is 15.6. The number of benzene rings is 2. The zero-order chi connectivity index (χ0) is 20.3. The Kier molecular flexibility index (Phi) is 5.44. The van der Waals surface area contributed by atoms with Crippen LogP contribution in [-0.2, 0) is 9.53 Å². The highest BCUT2D eigenvalue weighted by molar-refractivity contribution is 5.98. The van der Waals surface area contributed by atoms with Gasteiger partial charge in [0.05, 0.1) is 11.0 Å². The van der Waals surface area contributed by atoms with Gasteiger partial charge in [0.15, 0.2) is 18.1 Å². The number of ether oxygens (including phenoxy) is 3. The first-order valence-electron chi connectivity index (χ1n) is 8.48. The monoisotopic (exact) mass is 386 g/mol. The van der Waals surface area contributed by atoms with Gasteiger partial charge in [-0.05, 0) is 31.0 Å². The van der Waals surface area contributed by atoms with Crippen molar-refractivity contribution in [3.05, 3.63) is 57.1 Å². The Bertz CT molecular complexity index is 956. The summed E-state index contributed by atoms with van der Waals surface area (Å²) in [5, 5.41) is 13.9. The van der Waals surface area contributed by atoms with Gasteiger partial charge < -0.3 is 19.5 Å². The van der Waals surface area contributed by atoms with Crippen molar-refractivity contribution >= 4 is 23.3 Å². The average Bonchev–Trinajstić information content (AvgIpc) is 2.68. The fourth-order valence-corrected chi connectivity index (χ4v) is 2.67. The first-order chi connectivity index (χ1) is 13.4. The number of rotatable bonds is 5. The number of amides is 1. The van der Waals surface area contributed by atoms with Gasteiger partial charge in [0.1, 0.15) is 18.8 Å². The minimum atomic E-state index is -1.00. The molecule has 0 fully saturated rings. The number of hydrogen-bond donors (Lipinski definition) is 1. The molecule has 9 nitrogen and oxygen atoms in total. The molecule has 0 radical (unpaired) electrons. The Morgan fingerprint density at radius 1 is 1.18 bits per heavy atom. The summed E-state index contributed by atoms with van der Waals surface area (Å²) in [5.74, 6) is -1.16. The molecular weight excluding hydrogens is 368 g/mol. The molecule has 0 aromatic heterocycles. The van der Waals surface area contributed by atoms with Crippen LogP contribution in [0.4, 0.5) is 11.4 Å². The van der Waals surface area contributed by atoms with Gasteiger partial charge in [0.25, 0.3) is 11.6 Å². The molecule has 1 heterocycles. The lowest BCUT2D eigenvalue weighted by Gasteiger charge is -2.18. The van der Waals surface area contributed by atoms with Crippen LogP contribution in [0.25, 0.3) is 0 Å². The summed E-state index contributed by atoms with van der Waals surface area (Å²) in [4.78, 5) is 35.0. The lowest BCUT2D eigenvalue weighted by atomic mass is 10.1. The standard InChI is InChI=1S/C19H18N2O7/c1-11-4-3-5-14(12(11)2)20-18(22)10-28-19(23)13-8-16-17(27-7-6-26-16)9-15(13)21(24)25/h3-5,8-9H,6-7,10H2,1-2H3,(H,20,22). The van der Waals surface area contributed by atoms with Gasteiger partial charge in [-0.3, -0.25) is 14.9 Å². The van der Waals surface area contributed by atoms with Crippen LogP contribution in [-0.4, -0.2) is 36.6 Å².